The molecular formula is C24H31IN4O2. The molecule has 2 aliphatic rings. The SMILES string of the molecule is CN=C(NCCCN1C(=O)COc2ccccc21)N1CCC(Cc2ccccc2)C1.I. The fourth-order valence-corrected chi connectivity index (χ4v) is 4.31. The average molecular weight is 534 g/mol. The Morgan fingerprint density at radius 1 is 1.16 bits per heavy atom. The summed E-state index contributed by atoms with van der Waals surface area (Å²) in [5.74, 6) is 2.41. The number of ether oxygens (including phenoxy) is 1. The van der Waals surface area contributed by atoms with Gasteiger partial charge >= 0.3 is 0 Å². The van der Waals surface area contributed by atoms with Crippen molar-refractivity contribution in [2.45, 2.75) is 19.3 Å². The Morgan fingerprint density at radius 3 is 2.74 bits per heavy atom. The number of benzene rings is 2. The Labute approximate surface area is 201 Å². The molecule has 0 aromatic heterocycles. The molecule has 2 aliphatic heterocycles. The number of fused-ring (bicyclic) bond motifs is 1. The van der Waals surface area contributed by atoms with Crippen LogP contribution in [0.1, 0.15) is 18.4 Å². The van der Waals surface area contributed by atoms with Crippen LogP contribution < -0.4 is 15.0 Å². The van der Waals surface area contributed by atoms with Crippen molar-refractivity contribution < 1.29 is 9.53 Å². The van der Waals surface area contributed by atoms with E-state index in [0.717, 1.165) is 49.9 Å². The van der Waals surface area contributed by atoms with E-state index in [0.29, 0.717) is 12.5 Å². The fourth-order valence-electron chi connectivity index (χ4n) is 4.31. The maximum atomic E-state index is 12.3. The minimum Gasteiger partial charge on any atom is -0.482 e. The summed E-state index contributed by atoms with van der Waals surface area (Å²) >= 11 is 0. The Balaban J connectivity index is 0.00000272. The van der Waals surface area contributed by atoms with E-state index in [2.05, 4.69) is 45.5 Å². The second-order valence-corrected chi connectivity index (χ2v) is 7.92. The average Bonchev–Trinajstić information content (AvgIpc) is 3.24. The first-order valence-electron chi connectivity index (χ1n) is 10.8. The number of amides is 1. The molecule has 7 heteroatoms. The zero-order chi connectivity index (χ0) is 20.8. The summed E-state index contributed by atoms with van der Waals surface area (Å²) in [6.45, 7) is 3.62. The van der Waals surface area contributed by atoms with E-state index in [1.54, 1.807) is 0 Å². The van der Waals surface area contributed by atoms with E-state index in [4.69, 9.17) is 4.74 Å². The van der Waals surface area contributed by atoms with Gasteiger partial charge in [-0.2, -0.15) is 0 Å². The lowest BCUT2D eigenvalue weighted by molar-refractivity contribution is -0.121. The van der Waals surface area contributed by atoms with E-state index >= 15 is 0 Å². The Bertz CT molecular complexity index is 890. The van der Waals surface area contributed by atoms with E-state index < -0.39 is 0 Å². The predicted octanol–water partition coefficient (Wildman–Crippen LogP) is 3.56. The third kappa shape index (κ3) is 5.90. The van der Waals surface area contributed by atoms with Crippen molar-refractivity contribution in [2.75, 3.05) is 44.7 Å². The third-order valence-corrected chi connectivity index (χ3v) is 5.81. The Hall–Kier alpha value is -2.29. The van der Waals surface area contributed by atoms with Crippen molar-refractivity contribution in [2.24, 2.45) is 10.9 Å². The highest BCUT2D eigenvalue weighted by atomic mass is 127. The lowest BCUT2D eigenvalue weighted by atomic mass is 9.99. The molecule has 2 aromatic rings. The number of carbonyl (C=O) groups is 1. The predicted molar refractivity (Wildman–Crippen MR) is 136 cm³/mol. The molecule has 0 bridgehead atoms. The van der Waals surface area contributed by atoms with Crippen molar-refractivity contribution in [3.63, 3.8) is 0 Å². The normalized spacial score (nSPS) is 18.3. The lowest BCUT2D eigenvalue weighted by Gasteiger charge is -2.29. The number of hydrogen-bond acceptors (Lipinski definition) is 3. The van der Waals surface area contributed by atoms with Gasteiger partial charge in [-0.05, 0) is 42.9 Å². The number of likely N-dealkylation sites (tertiary alicyclic amines) is 1. The van der Waals surface area contributed by atoms with Gasteiger partial charge in [0.25, 0.3) is 5.91 Å². The quantitative estimate of drug-likeness (QED) is 0.267. The van der Waals surface area contributed by atoms with E-state index in [-0.39, 0.29) is 36.5 Å². The molecule has 0 saturated carbocycles. The fraction of sp³-hybridized carbons (Fsp3) is 0.417. The number of nitrogens with zero attached hydrogens (tertiary/aromatic N) is 3. The number of nitrogens with one attached hydrogen (secondary N) is 1. The molecule has 166 valence electrons. The monoisotopic (exact) mass is 534 g/mol. The van der Waals surface area contributed by atoms with E-state index in [1.165, 1.54) is 12.0 Å². The van der Waals surface area contributed by atoms with Crippen LogP contribution in [-0.4, -0.2) is 56.6 Å². The van der Waals surface area contributed by atoms with Gasteiger partial charge in [-0.25, -0.2) is 0 Å². The molecule has 1 atom stereocenters. The van der Waals surface area contributed by atoms with Crippen molar-refractivity contribution in [3.8, 4) is 5.75 Å². The zero-order valence-corrected chi connectivity index (χ0v) is 20.3. The van der Waals surface area contributed by atoms with Gasteiger partial charge < -0.3 is 19.9 Å². The number of hydrogen-bond donors (Lipinski definition) is 1. The first-order valence-corrected chi connectivity index (χ1v) is 10.8. The standard InChI is InChI=1S/C24H30N4O2.HI/c1-25-24(27-15-12-20(17-27)16-19-8-3-2-4-9-19)26-13-7-14-28-21-10-5-6-11-22(21)30-18-23(28)29;/h2-6,8-11,20H,7,12-18H2,1H3,(H,25,26);1H. The number of halogens is 1. The number of guanidine groups is 1. The van der Waals surface area contributed by atoms with Crippen LogP contribution in [0.2, 0.25) is 0 Å². The van der Waals surface area contributed by atoms with Crippen molar-refractivity contribution in [3.05, 3.63) is 60.2 Å². The van der Waals surface area contributed by atoms with Gasteiger partial charge in [0.1, 0.15) is 5.75 Å². The molecule has 1 N–H and O–H groups in total. The first kappa shape index (κ1) is 23.4. The molecule has 1 saturated heterocycles. The highest BCUT2D eigenvalue weighted by molar-refractivity contribution is 14.0. The van der Waals surface area contributed by atoms with E-state index in [1.807, 2.05) is 36.2 Å². The maximum absolute atomic E-state index is 12.3. The van der Waals surface area contributed by atoms with Gasteiger partial charge in [-0.1, -0.05) is 42.5 Å². The van der Waals surface area contributed by atoms with Gasteiger partial charge in [-0.15, -0.1) is 24.0 Å². The second kappa shape index (κ2) is 11.4. The van der Waals surface area contributed by atoms with Crippen molar-refractivity contribution in [1.82, 2.24) is 10.2 Å². The van der Waals surface area contributed by atoms with Crippen LogP contribution in [-0.2, 0) is 11.2 Å². The summed E-state index contributed by atoms with van der Waals surface area (Å²) in [6, 6.07) is 18.4. The van der Waals surface area contributed by atoms with Gasteiger partial charge in [0.05, 0.1) is 5.69 Å². The molecule has 2 aromatic carbocycles. The number of rotatable bonds is 6. The highest BCUT2D eigenvalue weighted by Gasteiger charge is 2.26. The maximum Gasteiger partial charge on any atom is 0.265 e. The summed E-state index contributed by atoms with van der Waals surface area (Å²) in [4.78, 5) is 20.9. The summed E-state index contributed by atoms with van der Waals surface area (Å²) in [5, 5.41) is 3.48. The molecular weight excluding hydrogens is 503 g/mol. The minimum absolute atomic E-state index is 0. The molecule has 1 amide bonds. The largest absolute Gasteiger partial charge is 0.482 e. The van der Waals surface area contributed by atoms with Crippen LogP contribution in [0.15, 0.2) is 59.6 Å². The molecule has 0 radical (unpaired) electrons. The van der Waals surface area contributed by atoms with Crippen LogP contribution in [0.5, 0.6) is 5.75 Å². The molecule has 0 aliphatic carbocycles. The number of carbonyl (C=O) groups excluding carboxylic acids is 1. The topological polar surface area (TPSA) is 57.2 Å². The van der Waals surface area contributed by atoms with Crippen molar-refractivity contribution >= 4 is 41.5 Å². The van der Waals surface area contributed by atoms with Gasteiger partial charge in [0.15, 0.2) is 12.6 Å². The smallest absolute Gasteiger partial charge is 0.265 e. The number of para-hydroxylation sites is 2. The summed E-state index contributed by atoms with van der Waals surface area (Å²) < 4.78 is 5.52. The molecule has 6 nitrogen and oxygen atoms in total. The minimum atomic E-state index is 0. The summed E-state index contributed by atoms with van der Waals surface area (Å²) in [6.07, 6.45) is 3.15. The van der Waals surface area contributed by atoms with Crippen LogP contribution in [0.3, 0.4) is 0 Å². The summed E-state index contributed by atoms with van der Waals surface area (Å²) in [7, 11) is 1.84. The van der Waals surface area contributed by atoms with E-state index in [9.17, 15) is 4.79 Å². The third-order valence-electron chi connectivity index (χ3n) is 5.81. The van der Waals surface area contributed by atoms with Crippen LogP contribution in [0, 0.1) is 5.92 Å². The van der Waals surface area contributed by atoms with Gasteiger partial charge in [-0.3, -0.25) is 9.79 Å². The molecule has 1 fully saturated rings. The van der Waals surface area contributed by atoms with Gasteiger partial charge in [0.2, 0.25) is 0 Å². The molecule has 31 heavy (non-hydrogen) atoms. The second-order valence-electron chi connectivity index (χ2n) is 7.92. The van der Waals surface area contributed by atoms with Gasteiger partial charge in [0, 0.05) is 33.2 Å². The Morgan fingerprint density at radius 2 is 1.94 bits per heavy atom. The van der Waals surface area contributed by atoms with Crippen molar-refractivity contribution in [1.29, 1.82) is 0 Å². The van der Waals surface area contributed by atoms with Crippen LogP contribution >= 0.6 is 24.0 Å². The molecule has 0 spiro atoms. The highest BCUT2D eigenvalue weighted by Crippen LogP contribution is 2.31. The molecule has 4 rings (SSSR count). The van der Waals surface area contributed by atoms with Crippen LogP contribution in [0.25, 0.3) is 0 Å². The Kier molecular flexibility index (Phi) is 8.57. The molecule has 1 unspecified atom stereocenters. The lowest BCUT2D eigenvalue weighted by Crippen LogP contribution is -2.43. The number of anilines is 1. The summed E-state index contributed by atoms with van der Waals surface area (Å²) in [5.41, 5.74) is 2.27. The first-order chi connectivity index (χ1) is 14.7. The zero-order valence-electron chi connectivity index (χ0n) is 18.0. The number of aliphatic imine (C=N–C) groups is 1. The van der Waals surface area contributed by atoms with Crippen LogP contribution in [0.4, 0.5) is 5.69 Å². The molecule has 2 heterocycles.